The summed E-state index contributed by atoms with van der Waals surface area (Å²) in [4.78, 5) is 14.3. The zero-order valence-corrected chi connectivity index (χ0v) is 13.0. The van der Waals surface area contributed by atoms with Crippen molar-refractivity contribution in [3.05, 3.63) is 24.3 Å². The van der Waals surface area contributed by atoms with Gasteiger partial charge in [0.1, 0.15) is 0 Å². The average Bonchev–Trinajstić information content (AvgIpc) is 2.77. The summed E-state index contributed by atoms with van der Waals surface area (Å²) in [5, 5.41) is 2.89. The van der Waals surface area contributed by atoms with Gasteiger partial charge in [-0.3, -0.25) is 4.79 Å². The lowest BCUT2D eigenvalue weighted by molar-refractivity contribution is -0.117. The SMILES string of the molecule is CCCC(N)C(=O)Nc1ccc(N2CCCCCC2)cc1. The molecule has 1 amide bonds. The Balaban J connectivity index is 1.93. The Hall–Kier alpha value is -1.55. The van der Waals surface area contributed by atoms with Crippen molar-refractivity contribution >= 4 is 17.3 Å². The van der Waals surface area contributed by atoms with E-state index in [0.29, 0.717) is 0 Å². The molecule has 0 bridgehead atoms. The largest absolute Gasteiger partial charge is 0.372 e. The number of hydrogen-bond acceptors (Lipinski definition) is 3. The smallest absolute Gasteiger partial charge is 0.241 e. The van der Waals surface area contributed by atoms with E-state index in [0.717, 1.165) is 31.6 Å². The van der Waals surface area contributed by atoms with Crippen molar-refractivity contribution in [2.45, 2.75) is 51.5 Å². The van der Waals surface area contributed by atoms with E-state index in [-0.39, 0.29) is 5.91 Å². The van der Waals surface area contributed by atoms with Crippen LogP contribution in [-0.2, 0) is 4.79 Å². The van der Waals surface area contributed by atoms with E-state index in [1.54, 1.807) is 0 Å². The van der Waals surface area contributed by atoms with Gasteiger partial charge in [-0.25, -0.2) is 0 Å². The molecule has 0 aromatic heterocycles. The highest BCUT2D eigenvalue weighted by Crippen LogP contribution is 2.21. The molecule has 0 spiro atoms. The Labute approximate surface area is 127 Å². The number of rotatable bonds is 5. The van der Waals surface area contributed by atoms with Crippen molar-refractivity contribution in [1.29, 1.82) is 0 Å². The standard InChI is InChI=1S/C17H27N3O/c1-2-7-16(18)17(21)19-14-8-10-15(11-9-14)20-12-5-3-4-6-13-20/h8-11,16H,2-7,12-13,18H2,1H3,(H,19,21). The van der Waals surface area contributed by atoms with Crippen LogP contribution in [0.2, 0.25) is 0 Å². The fraction of sp³-hybridized carbons (Fsp3) is 0.588. The Morgan fingerprint density at radius 2 is 1.81 bits per heavy atom. The third-order valence-corrected chi connectivity index (χ3v) is 4.04. The van der Waals surface area contributed by atoms with Crippen LogP contribution in [0.5, 0.6) is 0 Å². The highest BCUT2D eigenvalue weighted by molar-refractivity contribution is 5.94. The van der Waals surface area contributed by atoms with Gasteiger partial charge in [-0.15, -0.1) is 0 Å². The first kappa shape index (κ1) is 15.8. The topological polar surface area (TPSA) is 58.4 Å². The molecule has 1 aliphatic rings. The molecule has 1 heterocycles. The zero-order valence-electron chi connectivity index (χ0n) is 13.0. The Bertz CT molecular complexity index is 436. The van der Waals surface area contributed by atoms with Crippen LogP contribution in [0.3, 0.4) is 0 Å². The molecule has 21 heavy (non-hydrogen) atoms. The second-order valence-electron chi connectivity index (χ2n) is 5.83. The number of nitrogens with one attached hydrogen (secondary N) is 1. The van der Waals surface area contributed by atoms with Gasteiger partial charge in [-0.1, -0.05) is 26.2 Å². The second kappa shape index (κ2) is 8.03. The fourth-order valence-electron chi connectivity index (χ4n) is 2.76. The molecule has 1 atom stereocenters. The Morgan fingerprint density at radius 3 is 2.38 bits per heavy atom. The summed E-state index contributed by atoms with van der Waals surface area (Å²) >= 11 is 0. The predicted octanol–water partition coefficient (Wildman–Crippen LogP) is 3.13. The highest BCUT2D eigenvalue weighted by Gasteiger charge is 2.13. The van der Waals surface area contributed by atoms with Gasteiger partial charge in [0.2, 0.25) is 5.91 Å². The van der Waals surface area contributed by atoms with Crippen LogP contribution in [0, 0.1) is 0 Å². The van der Waals surface area contributed by atoms with Crippen LogP contribution in [-0.4, -0.2) is 25.0 Å². The van der Waals surface area contributed by atoms with Crippen LogP contribution in [0.25, 0.3) is 0 Å². The van der Waals surface area contributed by atoms with E-state index in [4.69, 9.17) is 5.73 Å². The van der Waals surface area contributed by atoms with Crippen LogP contribution in [0.4, 0.5) is 11.4 Å². The zero-order chi connectivity index (χ0) is 15.1. The molecule has 1 fully saturated rings. The summed E-state index contributed by atoms with van der Waals surface area (Å²) in [6.07, 6.45) is 6.84. The van der Waals surface area contributed by atoms with Gasteiger partial charge in [-0.2, -0.15) is 0 Å². The summed E-state index contributed by atoms with van der Waals surface area (Å²) in [6.45, 7) is 4.29. The summed E-state index contributed by atoms with van der Waals surface area (Å²) < 4.78 is 0. The highest BCUT2D eigenvalue weighted by atomic mass is 16.2. The third kappa shape index (κ3) is 4.74. The van der Waals surface area contributed by atoms with Gasteiger partial charge in [-0.05, 0) is 43.5 Å². The number of nitrogens with zero attached hydrogens (tertiary/aromatic N) is 1. The fourth-order valence-corrected chi connectivity index (χ4v) is 2.76. The molecule has 2 rings (SSSR count). The molecule has 0 saturated carbocycles. The number of carbonyl (C=O) groups is 1. The van der Waals surface area contributed by atoms with E-state index in [1.165, 1.54) is 31.4 Å². The molecule has 3 N–H and O–H groups in total. The lowest BCUT2D eigenvalue weighted by Gasteiger charge is -2.23. The van der Waals surface area contributed by atoms with E-state index in [2.05, 4.69) is 22.3 Å². The minimum atomic E-state index is -0.416. The van der Waals surface area contributed by atoms with Gasteiger partial charge < -0.3 is 16.0 Å². The van der Waals surface area contributed by atoms with E-state index in [1.807, 2.05) is 19.1 Å². The van der Waals surface area contributed by atoms with Gasteiger partial charge in [0.25, 0.3) is 0 Å². The van der Waals surface area contributed by atoms with E-state index < -0.39 is 6.04 Å². The summed E-state index contributed by atoms with van der Waals surface area (Å²) in [5.74, 6) is -0.0978. The van der Waals surface area contributed by atoms with Crippen molar-refractivity contribution < 1.29 is 4.79 Å². The molecule has 1 aromatic rings. The van der Waals surface area contributed by atoms with Gasteiger partial charge in [0.05, 0.1) is 6.04 Å². The Kier molecular flexibility index (Phi) is 6.05. The summed E-state index contributed by atoms with van der Waals surface area (Å²) in [6, 6.07) is 7.70. The van der Waals surface area contributed by atoms with Crippen LogP contribution >= 0.6 is 0 Å². The van der Waals surface area contributed by atoms with Crippen molar-refractivity contribution in [3.8, 4) is 0 Å². The monoisotopic (exact) mass is 289 g/mol. The maximum Gasteiger partial charge on any atom is 0.241 e. The lowest BCUT2D eigenvalue weighted by Crippen LogP contribution is -2.35. The minimum absolute atomic E-state index is 0.0978. The van der Waals surface area contributed by atoms with Crippen LogP contribution in [0.1, 0.15) is 45.4 Å². The summed E-state index contributed by atoms with van der Waals surface area (Å²) in [7, 11) is 0. The molecule has 1 aromatic carbocycles. The first-order valence-electron chi connectivity index (χ1n) is 8.12. The molecule has 0 aliphatic carbocycles. The molecular formula is C17H27N3O. The van der Waals surface area contributed by atoms with Gasteiger partial charge in [0, 0.05) is 24.5 Å². The Morgan fingerprint density at radius 1 is 1.19 bits per heavy atom. The molecule has 1 aliphatic heterocycles. The van der Waals surface area contributed by atoms with Crippen molar-refractivity contribution in [3.63, 3.8) is 0 Å². The number of hydrogen-bond donors (Lipinski definition) is 2. The second-order valence-corrected chi connectivity index (χ2v) is 5.83. The number of benzene rings is 1. The molecular weight excluding hydrogens is 262 g/mol. The number of carbonyl (C=O) groups excluding carboxylic acids is 1. The number of anilines is 2. The summed E-state index contributed by atoms with van der Waals surface area (Å²) in [5.41, 5.74) is 7.89. The molecule has 4 nitrogen and oxygen atoms in total. The average molecular weight is 289 g/mol. The molecule has 1 saturated heterocycles. The maximum absolute atomic E-state index is 11.9. The first-order valence-corrected chi connectivity index (χ1v) is 8.12. The van der Waals surface area contributed by atoms with Crippen molar-refractivity contribution in [1.82, 2.24) is 0 Å². The minimum Gasteiger partial charge on any atom is -0.372 e. The molecule has 1 unspecified atom stereocenters. The predicted molar refractivity (Wildman–Crippen MR) is 88.6 cm³/mol. The normalized spacial score (nSPS) is 17.1. The molecule has 116 valence electrons. The van der Waals surface area contributed by atoms with Crippen LogP contribution < -0.4 is 16.0 Å². The molecule has 0 radical (unpaired) electrons. The third-order valence-electron chi connectivity index (χ3n) is 4.04. The molecule has 4 heteroatoms. The van der Waals surface area contributed by atoms with Crippen molar-refractivity contribution in [2.75, 3.05) is 23.3 Å². The van der Waals surface area contributed by atoms with Crippen LogP contribution in [0.15, 0.2) is 24.3 Å². The number of nitrogens with two attached hydrogens (primary N) is 1. The van der Waals surface area contributed by atoms with Gasteiger partial charge in [0.15, 0.2) is 0 Å². The maximum atomic E-state index is 11.9. The first-order chi connectivity index (χ1) is 10.2. The van der Waals surface area contributed by atoms with Crippen molar-refractivity contribution in [2.24, 2.45) is 5.73 Å². The van der Waals surface area contributed by atoms with Gasteiger partial charge >= 0.3 is 0 Å². The lowest BCUT2D eigenvalue weighted by atomic mass is 10.1. The number of amides is 1. The van der Waals surface area contributed by atoms with E-state index >= 15 is 0 Å². The van der Waals surface area contributed by atoms with E-state index in [9.17, 15) is 4.79 Å². The quantitative estimate of drug-likeness (QED) is 0.875.